The largest absolute Gasteiger partial charge is 0.358 e. The molecule has 250 valence electrons. The van der Waals surface area contributed by atoms with Crippen LogP contribution in [0, 0.1) is 17.8 Å². The summed E-state index contributed by atoms with van der Waals surface area (Å²) in [5.41, 5.74) is 10.8. The van der Waals surface area contributed by atoms with Gasteiger partial charge in [-0.15, -0.1) is 0 Å². The molecule has 10 rings (SSSR count). The van der Waals surface area contributed by atoms with Gasteiger partial charge >= 0.3 is 0 Å². The van der Waals surface area contributed by atoms with Gasteiger partial charge in [0.05, 0.1) is 17.1 Å². The van der Waals surface area contributed by atoms with Crippen LogP contribution in [0.1, 0.15) is 64.5 Å². The van der Waals surface area contributed by atoms with Crippen LogP contribution in [0.15, 0.2) is 139 Å². The van der Waals surface area contributed by atoms with Crippen LogP contribution in [0.4, 0.5) is 11.4 Å². The van der Waals surface area contributed by atoms with E-state index in [1.807, 2.05) is 0 Å². The quantitative estimate of drug-likeness (QED) is 0.180. The lowest BCUT2D eigenvalue weighted by Crippen LogP contribution is -2.55. The van der Waals surface area contributed by atoms with E-state index in [1.165, 1.54) is 55.7 Å². The van der Waals surface area contributed by atoms with Crippen molar-refractivity contribution in [1.29, 1.82) is 0 Å². The minimum Gasteiger partial charge on any atom is -0.358 e. The second kappa shape index (κ2) is 10.6. The fourth-order valence-corrected chi connectivity index (χ4v) is 11.1. The maximum absolute atomic E-state index is 2.85. The lowest BCUT2D eigenvalue weighted by atomic mass is 9.69. The van der Waals surface area contributed by atoms with E-state index >= 15 is 0 Å². The molecule has 8 atom stereocenters. The topological polar surface area (TPSA) is 11.4 Å². The first-order valence-corrected chi connectivity index (χ1v) is 18.8. The molecule has 3 heteroatoms. The molecule has 5 aliphatic rings. The monoisotopic (exact) mass is 653 g/mol. The molecular formula is C47H47N3. The lowest BCUT2D eigenvalue weighted by Gasteiger charge is -2.49. The molecule has 3 heterocycles. The smallest absolute Gasteiger partial charge is 0.0562 e. The summed E-state index contributed by atoms with van der Waals surface area (Å²) in [6.07, 6.45) is 19.7. The van der Waals surface area contributed by atoms with Crippen molar-refractivity contribution >= 4 is 33.2 Å². The van der Waals surface area contributed by atoms with Gasteiger partial charge < -0.3 is 14.4 Å². The Morgan fingerprint density at radius 2 is 1.46 bits per heavy atom. The second-order valence-corrected chi connectivity index (χ2v) is 16.4. The summed E-state index contributed by atoms with van der Waals surface area (Å²) >= 11 is 0. The minimum absolute atomic E-state index is 0.00558. The standard InChI is InChI=1S/C47H47N3/c1-30-20-24-38-37-27-33(48-40-17-9-6-14-35(40)36-15-7-10-18-41(36)48)23-25-42(37)50(47(38,5)29-30)44-28-34(22-21-31(44)2)49-43-19-11-8-16-39(43)46(4)26-12-13-32(3)45(46)49/h6-12,14-28,30-32,38,44-45H,13,29H2,1-5H3. The number of allylic oxidation sites excluding steroid dienone is 3. The molecule has 0 spiro atoms. The van der Waals surface area contributed by atoms with Gasteiger partial charge in [0.2, 0.25) is 0 Å². The average molecular weight is 654 g/mol. The Kier molecular flexibility index (Phi) is 6.39. The van der Waals surface area contributed by atoms with Crippen LogP contribution < -0.4 is 9.80 Å². The van der Waals surface area contributed by atoms with E-state index in [-0.39, 0.29) is 17.0 Å². The van der Waals surface area contributed by atoms with Crippen LogP contribution in [-0.2, 0) is 5.41 Å². The van der Waals surface area contributed by atoms with Gasteiger partial charge in [-0.3, -0.25) is 0 Å². The molecule has 0 amide bonds. The van der Waals surface area contributed by atoms with Crippen LogP contribution in [-0.4, -0.2) is 22.2 Å². The Labute approximate surface area is 296 Å². The van der Waals surface area contributed by atoms with Gasteiger partial charge in [-0.25, -0.2) is 0 Å². The molecule has 3 nitrogen and oxygen atoms in total. The molecule has 50 heavy (non-hydrogen) atoms. The van der Waals surface area contributed by atoms with Gasteiger partial charge in [0.1, 0.15) is 0 Å². The molecule has 0 saturated heterocycles. The summed E-state index contributed by atoms with van der Waals surface area (Å²) in [5, 5.41) is 2.62. The number of rotatable bonds is 3. The van der Waals surface area contributed by atoms with Crippen LogP contribution in [0.3, 0.4) is 0 Å². The summed E-state index contributed by atoms with van der Waals surface area (Å²) in [6.45, 7) is 12.3. The molecule has 0 bridgehead atoms. The number of nitrogens with zero attached hydrogens (tertiary/aromatic N) is 3. The Hall–Kier alpha value is -4.76. The molecule has 3 aliphatic carbocycles. The van der Waals surface area contributed by atoms with Crippen molar-refractivity contribution in [3.8, 4) is 5.69 Å². The highest BCUT2D eigenvalue weighted by molar-refractivity contribution is 6.09. The Morgan fingerprint density at radius 1 is 0.740 bits per heavy atom. The average Bonchev–Trinajstić information content (AvgIpc) is 3.69. The van der Waals surface area contributed by atoms with E-state index in [0.29, 0.717) is 29.7 Å². The number of fused-ring (bicyclic) bond motifs is 9. The van der Waals surface area contributed by atoms with Crippen LogP contribution in [0.25, 0.3) is 27.5 Å². The zero-order valence-electron chi connectivity index (χ0n) is 29.9. The summed E-state index contributed by atoms with van der Waals surface area (Å²) in [5.74, 6) is 1.80. The first-order valence-electron chi connectivity index (χ1n) is 18.8. The molecular weight excluding hydrogens is 607 g/mol. The van der Waals surface area contributed by atoms with E-state index < -0.39 is 0 Å². The normalized spacial score (nSPS) is 32.3. The summed E-state index contributed by atoms with van der Waals surface area (Å²) in [7, 11) is 0. The molecule has 2 aliphatic heterocycles. The predicted molar refractivity (Wildman–Crippen MR) is 210 cm³/mol. The first kappa shape index (κ1) is 30.1. The van der Waals surface area contributed by atoms with Crippen molar-refractivity contribution in [3.63, 3.8) is 0 Å². The van der Waals surface area contributed by atoms with Gasteiger partial charge in [0.25, 0.3) is 0 Å². The zero-order valence-corrected chi connectivity index (χ0v) is 29.9. The molecule has 0 saturated carbocycles. The fraction of sp³-hybridized carbons (Fsp3) is 0.319. The number of aromatic nitrogens is 1. The maximum Gasteiger partial charge on any atom is 0.0562 e. The Morgan fingerprint density at radius 3 is 2.24 bits per heavy atom. The van der Waals surface area contributed by atoms with Crippen molar-refractivity contribution in [2.75, 3.05) is 9.80 Å². The third kappa shape index (κ3) is 3.98. The van der Waals surface area contributed by atoms with E-state index in [1.54, 1.807) is 0 Å². The molecule has 0 N–H and O–H groups in total. The van der Waals surface area contributed by atoms with Gasteiger partial charge in [0, 0.05) is 56.4 Å². The summed E-state index contributed by atoms with van der Waals surface area (Å²) < 4.78 is 2.48. The second-order valence-electron chi connectivity index (χ2n) is 16.4. The van der Waals surface area contributed by atoms with Gasteiger partial charge in [-0.05, 0) is 104 Å². The van der Waals surface area contributed by atoms with Crippen molar-refractivity contribution in [2.45, 2.75) is 76.4 Å². The zero-order chi connectivity index (χ0) is 33.9. The third-order valence-corrected chi connectivity index (χ3v) is 13.2. The predicted octanol–water partition coefficient (Wildman–Crippen LogP) is 11.2. The number of benzene rings is 4. The summed E-state index contributed by atoms with van der Waals surface area (Å²) in [6, 6.07) is 34.9. The molecule has 8 unspecified atom stereocenters. The fourth-order valence-electron chi connectivity index (χ4n) is 11.1. The van der Waals surface area contributed by atoms with Gasteiger partial charge in [0.15, 0.2) is 0 Å². The van der Waals surface area contributed by atoms with Gasteiger partial charge in [-0.2, -0.15) is 0 Å². The Bertz CT molecular complexity index is 2260. The molecule has 4 aromatic carbocycles. The van der Waals surface area contributed by atoms with Crippen LogP contribution >= 0.6 is 0 Å². The minimum atomic E-state index is -0.0278. The van der Waals surface area contributed by atoms with Crippen LogP contribution in [0.5, 0.6) is 0 Å². The van der Waals surface area contributed by atoms with E-state index in [4.69, 9.17) is 0 Å². The number of hydrogen-bond acceptors (Lipinski definition) is 2. The maximum atomic E-state index is 2.85. The number of anilines is 2. The van der Waals surface area contributed by atoms with E-state index in [9.17, 15) is 0 Å². The van der Waals surface area contributed by atoms with Crippen molar-refractivity contribution in [3.05, 3.63) is 150 Å². The molecule has 0 radical (unpaired) electrons. The SMILES string of the molecule is CC1C=CC2c3cc(-n4c5ccccc5c5ccccc54)ccc3N(C3C=C(N4c5ccccc5C5(C)C=CCC(C)C45)C=CC3C)C2(C)C1. The third-order valence-electron chi connectivity index (χ3n) is 13.2. The first-order chi connectivity index (χ1) is 24.3. The van der Waals surface area contributed by atoms with E-state index in [2.05, 4.69) is 183 Å². The van der Waals surface area contributed by atoms with Crippen LogP contribution in [0.2, 0.25) is 0 Å². The molecule has 0 fully saturated rings. The summed E-state index contributed by atoms with van der Waals surface area (Å²) in [4.78, 5) is 5.56. The lowest BCUT2D eigenvalue weighted by molar-refractivity contribution is 0.303. The molecule has 1 aromatic heterocycles. The number of hydrogen-bond donors (Lipinski definition) is 0. The Balaban J connectivity index is 1.13. The molecule has 5 aromatic rings. The van der Waals surface area contributed by atoms with E-state index in [0.717, 1.165) is 12.8 Å². The van der Waals surface area contributed by atoms with Crippen molar-refractivity contribution in [1.82, 2.24) is 4.57 Å². The number of para-hydroxylation sites is 3. The van der Waals surface area contributed by atoms with Crippen molar-refractivity contribution in [2.24, 2.45) is 17.8 Å². The highest BCUT2D eigenvalue weighted by atomic mass is 15.3. The highest BCUT2D eigenvalue weighted by Gasteiger charge is 2.54. The highest BCUT2D eigenvalue weighted by Crippen LogP contribution is 2.57. The van der Waals surface area contributed by atoms with Crippen molar-refractivity contribution < 1.29 is 0 Å². The van der Waals surface area contributed by atoms with Gasteiger partial charge in [-0.1, -0.05) is 106 Å².